The van der Waals surface area contributed by atoms with E-state index in [9.17, 15) is 5.11 Å². The highest BCUT2D eigenvalue weighted by atomic mass is 80.0. The summed E-state index contributed by atoms with van der Waals surface area (Å²) >= 11 is 9.79. The summed E-state index contributed by atoms with van der Waals surface area (Å²) in [7, 11) is 0. The molecule has 0 saturated carbocycles. The minimum absolute atomic E-state index is 0.626. The van der Waals surface area contributed by atoms with Crippen LogP contribution in [0.4, 0.5) is 0 Å². The van der Waals surface area contributed by atoms with Gasteiger partial charge in [0.2, 0.25) is 0 Å². The molecule has 0 aliphatic rings. The van der Waals surface area contributed by atoms with Gasteiger partial charge in [-0.25, -0.2) is 0 Å². The fourth-order valence-corrected chi connectivity index (χ4v) is 1.62. The summed E-state index contributed by atoms with van der Waals surface area (Å²) in [5.74, 6) is 0. The highest BCUT2D eigenvalue weighted by Crippen LogP contribution is 2.44. The quantitative estimate of drug-likeness (QED) is 0.761. The third-order valence-corrected chi connectivity index (χ3v) is 2.73. The summed E-state index contributed by atoms with van der Waals surface area (Å²) in [5.41, 5.74) is 0.850. The Morgan fingerprint density at radius 1 is 1.08 bits per heavy atom. The smallest absolute Gasteiger partial charge is 0.164 e. The number of hydrogen-bond acceptors (Lipinski definition) is 1. The fourth-order valence-electron chi connectivity index (χ4n) is 0.824. The maximum Gasteiger partial charge on any atom is 0.164 e. The van der Waals surface area contributed by atoms with Gasteiger partial charge in [-0.05, 0) is 5.56 Å². The van der Waals surface area contributed by atoms with Gasteiger partial charge >= 0.3 is 0 Å². The molecule has 0 heterocycles. The topological polar surface area (TPSA) is 20.2 Å². The maximum atomic E-state index is 9.72. The van der Waals surface area contributed by atoms with Crippen LogP contribution in [0.3, 0.4) is 0 Å². The Labute approximate surface area is 96.6 Å². The van der Waals surface area contributed by atoms with E-state index in [1.165, 1.54) is 0 Å². The summed E-state index contributed by atoms with van der Waals surface area (Å²) in [5, 5.41) is 9.72. The Balaban J connectivity index is 2.86. The lowest BCUT2D eigenvalue weighted by Crippen LogP contribution is -2.14. The zero-order valence-corrected chi connectivity index (χ0v) is 10.8. The van der Waals surface area contributed by atoms with Gasteiger partial charge in [-0.2, -0.15) is 0 Å². The predicted octanol–water partition coefficient (Wildman–Crippen LogP) is 3.56. The Kier molecular flexibility index (Phi) is 3.76. The zero-order chi connectivity index (χ0) is 9.19. The summed E-state index contributed by atoms with van der Waals surface area (Å²) in [6.45, 7) is 0. The monoisotopic (exact) mass is 356 g/mol. The molecule has 0 aromatic heterocycles. The van der Waals surface area contributed by atoms with E-state index < -0.39 is 8.25 Å². The molecule has 0 fully saturated rings. The van der Waals surface area contributed by atoms with Crippen LogP contribution >= 0.6 is 47.8 Å². The Bertz CT molecular complexity index is 242. The number of alkyl halides is 3. The second kappa shape index (κ2) is 4.22. The van der Waals surface area contributed by atoms with E-state index in [2.05, 4.69) is 47.8 Å². The van der Waals surface area contributed by atoms with Crippen molar-refractivity contribution in [1.82, 2.24) is 0 Å². The van der Waals surface area contributed by atoms with E-state index in [-0.39, 0.29) is 0 Å². The molecule has 12 heavy (non-hydrogen) atoms. The van der Waals surface area contributed by atoms with Crippen molar-refractivity contribution >= 4 is 47.8 Å². The largest absolute Gasteiger partial charge is 0.385 e. The van der Waals surface area contributed by atoms with Crippen LogP contribution < -0.4 is 0 Å². The van der Waals surface area contributed by atoms with E-state index in [0.29, 0.717) is 0 Å². The fraction of sp³-hybridized carbons (Fsp3) is 0.250. The van der Waals surface area contributed by atoms with E-state index in [1.807, 2.05) is 30.3 Å². The van der Waals surface area contributed by atoms with Gasteiger partial charge in [0.1, 0.15) is 6.10 Å². The highest BCUT2D eigenvalue weighted by molar-refractivity contribution is 9.39. The molecule has 0 radical (unpaired) electrons. The predicted molar refractivity (Wildman–Crippen MR) is 60.9 cm³/mol. The van der Waals surface area contributed by atoms with Crippen LogP contribution in [0, 0.1) is 0 Å². The van der Waals surface area contributed by atoms with Gasteiger partial charge in [-0.15, -0.1) is 0 Å². The molecule has 1 N–H and O–H groups in total. The normalized spacial score (nSPS) is 14.3. The first-order chi connectivity index (χ1) is 5.52. The van der Waals surface area contributed by atoms with E-state index in [0.717, 1.165) is 5.56 Å². The van der Waals surface area contributed by atoms with E-state index in [1.54, 1.807) is 0 Å². The average Bonchev–Trinajstić information content (AvgIpc) is 2.03. The van der Waals surface area contributed by atoms with Crippen molar-refractivity contribution in [3.63, 3.8) is 0 Å². The summed E-state index contributed by atoms with van der Waals surface area (Å²) < 4.78 is -0.644. The summed E-state index contributed by atoms with van der Waals surface area (Å²) in [4.78, 5) is 0. The van der Waals surface area contributed by atoms with Gasteiger partial charge in [-0.3, -0.25) is 0 Å². The first-order valence-electron chi connectivity index (χ1n) is 3.31. The Morgan fingerprint density at radius 3 is 2.00 bits per heavy atom. The molecule has 0 saturated heterocycles. The van der Waals surface area contributed by atoms with Crippen LogP contribution in [0.5, 0.6) is 0 Å². The number of rotatable bonds is 1. The van der Waals surface area contributed by atoms with Gasteiger partial charge in [0.15, 0.2) is 2.14 Å². The molecule has 0 spiro atoms. The Hall–Kier alpha value is 0.620. The number of aliphatic hydroxyl groups excluding tert-OH is 1. The molecule has 66 valence electrons. The molecule has 1 atom stereocenters. The molecule has 1 unspecified atom stereocenters. The van der Waals surface area contributed by atoms with Crippen molar-refractivity contribution in [3.05, 3.63) is 35.9 Å². The molecule has 4 heteroatoms. The third-order valence-electron chi connectivity index (χ3n) is 1.43. The minimum atomic E-state index is -0.644. The maximum absolute atomic E-state index is 9.72. The molecule has 0 amide bonds. The third kappa shape index (κ3) is 2.83. The SMILES string of the molecule is OC(c1ccccc1)C(Br)(Br)Br. The summed E-state index contributed by atoms with van der Waals surface area (Å²) in [6, 6.07) is 9.41. The van der Waals surface area contributed by atoms with Gasteiger partial charge in [-0.1, -0.05) is 78.1 Å². The molecule has 0 bridgehead atoms. The highest BCUT2D eigenvalue weighted by Gasteiger charge is 2.29. The number of benzene rings is 1. The molecule has 0 aliphatic carbocycles. The van der Waals surface area contributed by atoms with Crippen molar-refractivity contribution in [3.8, 4) is 0 Å². The van der Waals surface area contributed by atoms with Gasteiger partial charge < -0.3 is 5.11 Å². The van der Waals surface area contributed by atoms with Gasteiger partial charge in [0.05, 0.1) is 0 Å². The van der Waals surface area contributed by atoms with Gasteiger partial charge in [0.25, 0.3) is 0 Å². The van der Waals surface area contributed by atoms with Gasteiger partial charge in [0, 0.05) is 0 Å². The van der Waals surface area contributed by atoms with Crippen LogP contribution in [-0.2, 0) is 0 Å². The first kappa shape index (κ1) is 10.7. The van der Waals surface area contributed by atoms with Crippen LogP contribution in [0.1, 0.15) is 11.7 Å². The van der Waals surface area contributed by atoms with Crippen LogP contribution in [0.25, 0.3) is 0 Å². The van der Waals surface area contributed by atoms with Crippen LogP contribution in [0.15, 0.2) is 30.3 Å². The Morgan fingerprint density at radius 2 is 1.58 bits per heavy atom. The van der Waals surface area contributed by atoms with Crippen molar-refractivity contribution in [2.75, 3.05) is 0 Å². The summed E-state index contributed by atoms with van der Waals surface area (Å²) in [6.07, 6.45) is -0.626. The van der Waals surface area contributed by atoms with E-state index in [4.69, 9.17) is 0 Å². The molecule has 1 aromatic rings. The molecule has 1 rings (SSSR count). The lowest BCUT2D eigenvalue weighted by molar-refractivity contribution is 0.193. The second-order valence-electron chi connectivity index (χ2n) is 2.35. The van der Waals surface area contributed by atoms with Crippen LogP contribution in [-0.4, -0.2) is 7.25 Å². The standard InChI is InChI=1S/C8H7Br3O/c9-8(10,11)7(12)6-4-2-1-3-5-6/h1-5,7,12H. The number of aliphatic hydroxyl groups is 1. The number of hydrogen-bond donors (Lipinski definition) is 1. The molecular formula is C8H7Br3O. The number of halogens is 3. The van der Waals surface area contributed by atoms with Crippen molar-refractivity contribution < 1.29 is 5.11 Å². The van der Waals surface area contributed by atoms with E-state index >= 15 is 0 Å². The lowest BCUT2D eigenvalue weighted by atomic mass is 10.1. The minimum Gasteiger partial charge on any atom is -0.385 e. The zero-order valence-electron chi connectivity index (χ0n) is 6.05. The molecule has 0 aliphatic heterocycles. The second-order valence-corrected chi connectivity index (χ2v) is 9.30. The van der Waals surface area contributed by atoms with Crippen molar-refractivity contribution in [1.29, 1.82) is 0 Å². The first-order valence-corrected chi connectivity index (χ1v) is 5.69. The molecule has 1 nitrogen and oxygen atoms in total. The van der Waals surface area contributed by atoms with Crippen molar-refractivity contribution in [2.24, 2.45) is 0 Å². The average molecular weight is 359 g/mol. The molecular weight excluding hydrogens is 352 g/mol. The van der Waals surface area contributed by atoms with Crippen LogP contribution in [0.2, 0.25) is 0 Å². The lowest BCUT2D eigenvalue weighted by Gasteiger charge is -2.20. The van der Waals surface area contributed by atoms with Crippen molar-refractivity contribution in [2.45, 2.75) is 8.25 Å². The molecule has 1 aromatic carbocycles.